The lowest BCUT2D eigenvalue weighted by molar-refractivity contribution is 0.0516. The minimum atomic E-state index is -0.738. The van der Waals surface area contributed by atoms with Crippen molar-refractivity contribution in [2.24, 2.45) is 5.92 Å². The summed E-state index contributed by atoms with van der Waals surface area (Å²) in [6.45, 7) is 6.52. The average Bonchev–Trinajstić information content (AvgIpc) is 2.75. The van der Waals surface area contributed by atoms with Gasteiger partial charge in [-0.3, -0.25) is 0 Å². The van der Waals surface area contributed by atoms with Crippen LogP contribution in [0.3, 0.4) is 0 Å². The highest BCUT2D eigenvalue weighted by atomic mass is 32.1. The maximum atomic E-state index is 10.3. The Bertz CT molecular complexity index is 563. The lowest BCUT2D eigenvalue weighted by Gasteiger charge is -2.26. The number of fused-ring (bicyclic) bond motifs is 1. The lowest BCUT2D eigenvalue weighted by Crippen LogP contribution is -2.35. The predicted molar refractivity (Wildman–Crippen MR) is 82.6 cm³/mol. The van der Waals surface area contributed by atoms with Crippen LogP contribution in [0.15, 0.2) is 17.6 Å². The van der Waals surface area contributed by atoms with Crippen LogP contribution < -0.4 is 11.1 Å². The summed E-state index contributed by atoms with van der Waals surface area (Å²) < 4.78 is 1.08. The van der Waals surface area contributed by atoms with Crippen LogP contribution in [0.5, 0.6) is 0 Å². The number of benzene rings is 1. The van der Waals surface area contributed by atoms with Gasteiger partial charge in [0.2, 0.25) is 0 Å². The monoisotopic (exact) mass is 279 g/mol. The molecule has 1 unspecified atom stereocenters. The number of nitrogens with one attached hydrogen (secondary N) is 1. The molecule has 0 aliphatic rings. The third-order valence-corrected chi connectivity index (χ3v) is 3.84. The summed E-state index contributed by atoms with van der Waals surface area (Å²) in [6, 6.07) is 3.95. The SMILES string of the molecule is CC(C)CC(C)(O)CNc1ccc2scnc2c1N. The van der Waals surface area contributed by atoms with E-state index in [0.717, 1.165) is 22.3 Å². The van der Waals surface area contributed by atoms with Gasteiger partial charge in [-0.15, -0.1) is 11.3 Å². The van der Waals surface area contributed by atoms with E-state index in [1.807, 2.05) is 19.1 Å². The number of aromatic nitrogens is 1. The normalized spacial score (nSPS) is 14.8. The molecule has 0 saturated carbocycles. The quantitative estimate of drug-likeness (QED) is 0.736. The highest BCUT2D eigenvalue weighted by Crippen LogP contribution is 2.30. The summed E-state index contributed by atoms with van der Waals surface area (Å²) in [5.41, 5.74) is 9.47. The molecular formula is C14H21N3OS. The molecule has 0 saturated heterocycles. The van der Waals surface area contributed by atoms with Crippen molar-refractivity contribution in [3.05, 3.63) is 17.6 Å². The van der Waals surface area contributed by atoms with Crippen molar-refractivity contribution in [3.63, 3.8) is 0 Å². The lowest BCUT2D eigenvalue weighted by atomic mass is 9.94. The van der Waals surface area contributed by atoms with Crippen molar-refractivity contribution in [3.8, 4) is 0 Å². The number of nitrogen functional groups attached to an aromatic ring is 1. The molecule has 1 aromatic carbocycles. The van der Waals surface area contributed by atoms with Gasteiger partial charge in [0.25, 0.3) is 0 Å². The second-order valence-corrected chi connectivity index (χ2v) is 6.56. The number of aliphatic hydroxyl groups is 1. The molecule has 1 atom stereocenters. The molecule has 0 amide bonds. The Kier molecular flexibility index (Phi) is 3.96. The predicted octanol–water partition coefficient (Wildman–Crippen LogP) is 3.09. The topological polar surface area (TPSA) is 71.2 Å². The molecule has 0 fully saturated rings. The standard InChI is InChI=1S/C14H21N3OS/c1-9(2)6-14(3,18)7-16-10-4-5-11-13(12(10)15)17-8-19-11/h4-5,8-9,16,18H,6-7,15H2,1-3H3. The van der Waals surface area contributed by atoms with Crippen LogP contribution in [-0.4, -0.2) is 22.2 Å². The highest BCUT2D eigenvalue weighted by Gasteiger charge is 2.22. The first-order valence-electron chi connectivity index (χ1n) is 6.47. The smallest absolute Gasteiger partial charge is 0.106 e. The largest absolute Gasteiger partial charge is 0.395 e. The van der Waals surface area contributed by atoms with Crippen molar-refractivity contribution in [1.29, 1.82) is 0 Å². The van der Waals surface area contributed by atoms with E-state index >= 15 is 0 Å². The number of anilines is 2. The first-order chi connectivity index (χ1) is 8.89. The van der Waals surface area contributed by atoms with Gasteiger partial charge >= 0.3 is 0 Å². The summed E-state index contributed by atoms with van der Waals surface area (Å²) in [5, 5.41) is 13.5. The van der Waals surface area contributed by atoms with Gasteiger partial charge in [0.1, 0.15) is 5.52 Å². The maximum Gasteiger partial charge on any atom is 0.106 e. The zero-order valence-corrected chi connectivity index (χ0v) is 12.4. The fraction of sp³-hybridized carbons (Fsp3) is 0.500. The van der Waals surface area contributed by atoms with Gasteiger partial charge in [0.05, 0.1) is 27.2 Å². The minimum Gasteiger partial charge on any atom is -0.395 e. The first-order valence-corrected chi connectivity index (χ1v) is 7.35. The van der Waals surface area contributed by atoms with E-state index in [0.29, 0.717) is 18.2 Å². The van der Waals surface area contributed by atoms with Gasteiger partial charge in [0.15, 0.2) is 0 Å². The summed E-state index contributed by atoms with van der Waals surface area (Å²) in [5.74, 6) is 0.454. The number of rotatable bonds is 5. The summed E-state index contributed by atoms with van der Waals surface area (Å²) in [4.78, 5) is 4.26. The van der Waals surface area contributed by atoms with Crippen molar-refractivity contribution in [2.45, 2.75) is 32.8 Å². The Hall–Kier alpha value is -1.33. The molecule has 2 rings (SSSR count). The molecule has 1 aromatic heterocycles. The van der Waals surface area contributed by atoms with Crippen LogP contribution in [0.4, 0.5) is 11.4 Å². The Morgan fingerprint density at radius 1 is 1.47 bits per heavy atom. The van der Waals surface area contributed by atoms with E-state index in [9.17, 15) is 5.11 Å². The van der Waals surface area contributed by atoms with Crippen LogP contribution in [0.2, 0.25) is 0 Å². The molecule has 0 aliphatic heterocycles. The van der Waals surface area contributed by atoms with Crippen LogP contribution in [0, 0.1) is 5.92 Å². The number of hydrogen-bond acceptors (Lipinski definition) is 5. The molecule has 5 heteroatoms. The number of nitrogens with zero attached hydrogens (tertiary/aromatic N) is 1. The van der Waals surface area contributed by atoms with Crippen LogP contribution in [-0.2, 0) is 0 Å². The molecule has 104 valence electrons. The van der Waals surface area contributed by atoms with E-state index in [-0.39, 0.29) is 0 Å². The third kappa shape index (κ3) is 3.36. The average molecular weight is 279 g/mol. The van der Waals surface area contributed by atoms with Gasteiger partial charge in [-0.1, -0.05) is 13.8 Å². The van der Waals surface area contributed by atoms with Gasteiger partial charge in [0, 0.05) is 6.54 Å². The Balaban J connectivity index is 2.11. The third-order valence-electron chi connectivity index (χ3n) is 3.05. The van der Waals surface area contributed by atoms with Crippen molar-refractivity contribution in [1.82, 2.24) is 4.98 Å². The fourth-order valence-corrected chi connectivity index (χ4v) is 3.04. The van der Waals surface area contributed by atoms with Crippen molar-refractivity contribution < 1.29 is 5.11 Å². The highest BCUT2D eigenvalue weighted by molar-refractivity contribution is 7.16. The van der Waals surface area contributed by atoms with Gasteiger partial charge in [-0.2, -0.15) is 0 Å². The molecule has 0 radical (unpaired) electrons. The van der Waals surface area contributed by atoms with E-state index in [1.165, 1.54) is 0 Å². The zero-order valence-electron chi connectivity index (χ0n) is 11.6. The van der Waals surface area contributed by atoms with Crippen LogP contribution >= 0.6 is 11.3 Å². The summed E-state index contributed by atoms with van der Waals surface area (Å²) in [6.07, 6.45) is 0.749. The molecule has 0 aliphatic carbocycles. The zero-order chi connectivity index (χ0) is 14.0. The molecule has 0 bridgehead atoms. The fourth-order valence-electron chi connectivity index (χ4n) is 2.34. The van der Waals surface area contributed by atoms with Crippen molar-refractivity contribution >= 4 is 32.9 Å². The van der Waals surface area contributed by atoms with Crippen molar-refractivity contribution in [2.75, 3.05) is 17.6 Å². The molecular weight excluding hydrogens is 258 g/mol. The molecule has 1 heterocycles. The van der Waals surface area contributed by atoms with E-state index in [1.54, 1.807) is 16.8 Å². The first kappa shape index (κ1) is 14.1. The van der Waals surface area contributed by atoms with Gasteiger partial charge in [-0.25, -0.2) is 4.98 Å². The molecule has 4 N–H and O–H groups in total. The summed E-state index contributed by atoms with van der Waals surface area (Å²) in [7, 11) is 0. The second-order valence-electron chi connectivity index (χ2n) is 5.67. The maximum absolute atomic E-state index is 10.3. The van der Waals surface area contributed by atoms with Gasteiger partial charge in [-0.05, 0) is 31.4 Å². The Labute approximate surface area is 117 Å². The van der Waals surface area contributed by atoms with E-state index < -0.39 is 5.60 Å². The number of thiazole rings is 1. The number of nitrogens with two attached hydrogens (primary N) is 1. The van der Waals surface area contributed by atoms with E-state index in [2.05, 4.69) is 24.1 Å². The van der Waals surface area contributed by atoms with Gasteiger partial charge < -0.3 is 16.2 Å². The molecule has 0 spiro atoms. The molecule has 2 aromatic rings. The van der Waals surface area contributed by atoms with Crippen LogP contribution in [0.25, 0.3) is 10.2 Å². The summed E-state index contributed by atoms with van der Waals surface area (Å²) >= 11 is 1.57. The second kappa shape index (κ2) is 5.35. The number of hydrogen-bond donors (Lipinski definition) is 3. The molecule has 4 nitrogen and oxygen atoms in total. The molecule has 19 heavy (non-hydrogen) atoms. The minimum absolute atomic E-state index is 0.454. The van der Waals surface area contributed by atoms with Crippen LogP contribution in [0.1, 0.15) is 27.2 Å². The van der Waals surface area contributed by atoms with E-state index in [4.69, 9.17) is 5.73 Å². The Morgan fingerprint density at radius 2 is 2.21 bits per heavy atom. The Morgan fingerprint density at radius 3 is 2.89 bits per heavy atom.